The SMILES string of the molecule is CCNC(=NCc1cccs1)NCCCN1CC(C)OC(C)C1.I. The van der Waals surface area contributed by atoms with Gasteiger partial charge >= 0.3 is 0 Å². The molecule has 7 heteroatoms. The number of hydrogen-bond donors (Lipinski definition) is 2. The van der Waals surface area contributed by atoms with E-state index in [9.17, 15) is 0 Å². The normalized spacial score (nSPS) is 22.0. The fraction of sp³-hybridized carbons (Fsp3) is 0.706. The first kappa shape index (κ1) is 21.7. The number of halogens is 1. The molecule has 0 saturated carbocycles. The summed E-state index contributed by atoms with van der Waals surface area (Å²) in [7, 11) is 0. The zero-order valence-electron chi connectivity index (χ0n) is 15.0. The minimum atomic E-state index is 0. The van der Waals surface area contributed by atoms with Gasteiger partial charge < -0.3 is 15.4 Å². The lowest BCUT2D eigenvalue weighted by molar-refractivity contribution is -0.0679. The molecule has 24 heavy (non-hydrogen) atoms. The third-order valence-corrected chi connectivity index (χ3v) is 4.62. The highest BCUT2D eigenvalue weighted by Gasteiger charge is 2.21. The summed E-state index contributed by atoms with van der Waals surface area (Å²) in [6, 6.07) is 4.19. The lowest BCUT2D eigenvalue weighted by Crippen LogP contribution is -2.46. The number of ether oxygens (including phenoxy) is 1. The Bertz CT molecular complexity index is 459. The van der Waals surface area contributed by atoms with Gasteiger partial charge in [-0.1, -0.05) is 6.07 Å². The zero-order valence-corrected chi connectivity index (χ0v) is 18.1. The first-order valence-corrected chi connectivity index (χ1v) is 9.47. The van der Waals surface area contributed by atoms with E-state index >= 15 is 0 Å². The molecule has 138 valence electrons. The van der Waals surface area contributed by atoms with Crippen molar-refractivity contribution in [2.75, 3.05) is 32.7 Å². The molecule has 0 aliphatic carbocycles. The second kappa shape index (κ2) is 12.1. The number of morpholine rings is 1. The molecule has 2 unspecified atom stereocenters. The number of nitrogens with zero attached hydrogens (tertiary/aromatic N) is 2. The Morgan fingerprint density at radius 2 is 2.08 bits per heavy atom. The molecule has 1 saturated heterocycles. The van der Waals surface area contributed by atoms with Crippen LogP contribution >= 0.6 is 35.3 Å². The van der Waals surface area contributed by atoms with E-state index in [1.54, 1.807) is 11.3 Å². The van der Waals surface area contributed by atoms with Crippen LogP contribution in [0.1, 0.15) is 32.1 Å². The van der Waals surface area contributed by atoms with Crippen molar-refractivity contribution in [1.29, 1.82) is 0 Å². The number of thiophene rings is 1. The molecule has 1 aromatic rings. The summed E-state index contributed by atoms with van der Waals surface area (Å²) < 4.78 is 5.77. The molecule has 1 fully saturated rings. The van der Waals surface area contributed by atoms with Crippen LogP contribution in [0.15, 0.2) is 22.5 Å². The summed E-state index contributed by atoms with van der Waals surface area (Å²) in [5.74, 6) is 0.907. The molecule has 0 amide bonds. The van der Waals surface area contributed by atoms with Crippen molar-refractivity contribution in [3.05, 3.63) is 22.4 Å². The molecule has 0 radical (unpaired) electrons. The highest BCUT2D eigenvalue weighted by atomic mass is 127. The molecule has 2 rings (SSSR count). The van der Waals surface area contributed by atoms with Gasteiger partial charge in [-0.15, -0.1) is 35.3 Å². The summed E-state index contributed by atoms with van der Waals surface area (Å²) in [4.78, 5) is 8.42. The van der Waals surface area contributed by atoms with Crippen LogP contribution in [0.5, 0.6) is 0 Å². The average Bonchev–Trinajstić information content (AvgIpc) is 3.01. The predicted molar refractivity (Wildman–Crippen MR) is 114 cm³/mol. The van der Waals surface area contributed by atoms with Gasteiger partial charge in [0.15, 0.2) is 5.96 Å². The summed E-state index contributed by atoms with van der Waals surface area (Å²) >= 11 is 1.75. The van der Waals surface area contributed by atoms with Crippen LogP contribution < -0.4 is 10.6 Å². The fourth-order valence-corrected chi connectivity index (χ4v) is 3.51. The standard InChI is InChI=1S/C17H30N4OS.HI/c1-4-18-17(20-11-16-7-5-10-23-16)19-8-6-9-21-12-14(2)22-15(3)13-21;/h5,7,10,14-15H,4,6,8-9,11-13H2,1-3H3,(H2,18,19,20);1H. The number of nitrogens with one attached hydrogen (secondary N) is 2. The van der Waals surface area contributed by atoms with Crippen LogP contribution in [0.25, 0.3) is 0 Å². The van der Waals surface area contributed by atoms with Gasteiger partial charge in [0.1, 0.15) is 0 Å². The van der Waals surface area contributed by atoms with Gasteiger partial charge in [0.2, 0.25) is 0 Å². The molecule has 5 nitrogen and oxygen atoms in total. The lowest BCUT2D eigenvalue weighted by atomic mass is 10.2. The number of aliphatic imine (C=N–C) groups is 1. The van der Waals surface area contributed by atoms with E-state index in [0.717, 1.165) is 51.6 Å². The molecule has 0 bridgehead atoms. The van der Waals surface area contributed by atoms with Crippen molar-refractivity contribution in [3.63, 3.8) is 0 Å². The molecule has 1 aliphatic heterocycles. The first-order chi connectivity index (χ1) is 11.2. The van der Waals surface area contributed by atoms with Crippen molar-refractivity contribution in [3.8, 4) is 0 Å². The van der Waals surface area contributed by atoms with Gasteiger partial charge in [0, 0.05) is 37.6 Å². The summed E-state index contributed by atoms with van der Waals surface area (Å²) in [5, 5.41) is 8.83. The predicted octanol–water partition coefficient (Wildman–Crippen LogP) is 2.92. The Kier molecular flexibility index (Phi) is 10.9. The van der Waals surface area contributed by atoms with Crippen molar-refractivity contribution in [2.45, 2.75) is 45.9 Å². The maximum Gasteiger partial charge on any atom is 0.191 e. The lowest BCUT2D eigenvalue weighted by Gasteiger charge is -2.35. The average molecular weight is 466 g/mol. The monoisotopic (exact) mass is 466 g/mol. The molecule has 2 atom stereocenters. The van der Waals surface area contributed by atoms with Crippen LogP contribution in [0.2, 0.25) is 0 Å². The molecule has 0 spiro atoms. The highest BCUT2D eigenvalue weighted by molar-refractivity contribution is 14.0. The Hall–Kier alpha value is -0.380. The van der Waals surface area contributed by atoms with Crippen LogP contribution in [-0.2, 0) is 11.3 Å². The Morgan fingerprint density at radius 1 is 1.33 bits per heavy atom. The van der Waals surface area contributed by atoms with Gasteiger partial charge in [-0.25, -0.2) is 4.99 Å². The van der Waals surface area contributed by atoms with Crippen LogP contribution in [-0.4, -0.2) is 55.8 Å². The Labute approximate surface area is 167 Å². The molecule has 1 aromatic heterocycles. The topological polar surface area (TPSA) is 48.9 Å². The maximum atomic E-state index is 5.77. The minimum absolute atomic E-state index is 0. The largest absolute Gasteiger partial charge is 0.373 e. The molecule has 2 heterocycles. The number of rotatable bonds is 7. The molecular formula is C17H31IN4OS. The van der Waals surface area contributed by atoms with Crippen LogP contribution in [0.3, 0.4) is 0 Å². The van der Waals surface area contributed by atoms with E-state index in [1.165, 1.54) is 4.88 Å². The number of guanidine groups is 1. The third kappa shape index (κ3) is 8.13. The second-order valence-corrected chi connectivity index (χ2v) is 7.10. The fourth-order valence-electron chi connectivity index (χ4n) is 2.88. The van der Waals surface area contributed by atoms with E-state index < -0.39 is 0 Å². The quantitative estimate of drug-likeness (QED) is 0.281. The Balaban J connectivity index is 0.00000288. The summed E-state index contributed by atoms with van der Waals surface area (Å²) in [5.41, 5.74) is 0. The van der Waals surface area contributed by atoms with Crippen molar-refractivity contribution < 1.29 is 4.74 Å². The second-order valence-electron chi connectivity index (χ2n) is 6.07. The van der Waals surface area contributed by atoms with E-state index in [2.05, 4.69) is 58.8 Å². The van der Waals surface area contributed by atoms with Gasteiger partial charge in [-0.3, -0.25) is 4.90 Å². The molecule has 1 aliphatic rings. The van der Waals surface area contributed by atoms with Gasteiger partial charge in [0.05, 0.1) is 18.8 Å². The van der Waals surface area contributed by atoms with E-state index in [0.29, 0.717) is 12.2 Å². The van der Waals surface area contributed by atoms with Crippen molar-refractivity contribution in [2.24, 2.45) is 4.99 Å². The smallest absolute Gasteiger partial charge is 0.191 e. The van der Waals surface area contributed by atoms with Gasteiger partial charge in [0.25, 0.3) is 0 Å². The highest BCUT2D eigenvalue weighted by Crippen LogP contribution is 2.11. The Morgan fingerprint density at radius 3 is 2.71 bits per heavy atom. The minimum Gasteiger partial charge on any atom is -0.373 e. The summed E-state index contributed by atoms with van der Waals surface area (Å²) in [6.07, 6.45) is 1.80. The molecule has 2 N–H and O–H groups in total. The van der Waals surface area contributed by atoms with E-state index in [1.807, 2.05) is 0 Å². The number of hydrogen-bond acceptors (Lipinski definition) is 4. The van der Waals surface area contributed by atoms with Crippen LogP contribution in [0, 0.1) is 0 Å². The van der Waals surface area contributed by atoms with Crippen LogP contribution in [0.4, 0.5) is 0 Å². The van der Waals surface area contributed by atoms with Gasteiger partial charge in [-0.05, 0) is 38.6 Å². The summed E-state index contributed by atoms with van der Waals surface area (Å²) in [6.45, 7) is 12.2. The third-order valence-electron chi connectivity index (χ3n) is 3.76. The van der Waals surface area contributed by atoms with Gasteiger partial charge in [-0.2, -0.15) is 0 Å². The van der Waals surface area contributed by atoms with Crippen molar-refractivity contribution >= 4 is 41.3 Å². The maximum absolute atomic E-state index is 5.77. The van der Waals surface area contributed by atoms with E-state index in [-0.39, 0.29) is 24.0 Å². The zero-order chi connectivity index (χ0) is 16.5. The molecular weight excluding hydrogens is 435 g/mol. The molecule has 0 aromatic carbocycles. The first-order valence-electron chi connectivity index (χ1n) is 8.59. The van der Waals surface area contributed by atoms with Crippen molar-refractivity contribution in [1.82, 2.24) is 15.5 Å². The van der Waals surface area contributed by atoms with E-state index in [4.69, 9.17) is 4.74 Å².